The topological polar surface area (TPSA) is 67.6 Å². The number of guanidine groups is 1. The number of halogens is 1. The van der Waals surface area contributed by atoms with Crippen LogP contribution in [0.3, 0.4) is 0 Å². The lowest BCUT2D eigenvalue weighted by Gasteiger charge is -2.23. The van der Waals surface area contributed by atoms with Gasteiger partial charge in [0.15, 0.2) is 5.96 Å². The summed E-state index contributed by atoms with van der Waals surface area (Å²) < 4.78 is 7.47. The lowest BCUT2D eigenvalue weighted by Crippen LogP contribution is -2.40. The molecule has 0 aliphatic heterocycles. The first-order chi connectivity index (χ1) is 13.6. The Kier molecular flexibility index (Phi) is 9.79. The molecular weight excluding hydrogens is 376 g/mol. The van der Waals surface area contributed by atoms with Crippen molar-refractivity contribution in [3.63, 3.8) is 0 Å². The van der Waals surface area contributed by atoms with E-state index in [9.17, 15) is 0 Å². The molecule has 7 nitrogen and oxygen atoms in total. The molecule has 28 heavy (non-hydrogen) atoms. The lowest BCUT2D eigenvalue weighted by atomic mass is 10.2. The van der Waals surface area contributed by atoms with Crippen molar-refractivity contribution in [1.82, 2.24) is 25.0 Å². The highest BCUT2D eigenvalue weighted by Crippen LogP contribution is 2.12. The number of nitrogens with zero attached hydrogens (tertiary/aromatic N) is 5. The van der Waals surface area contributed by atoms with Gasteiger partial charge in [0.05, 0.1) is 0 Å². The van der Waals surface area contributed by atoms with Crippen LogP contribution < -0.4 is 5.32 Å². The van der Waals surface area contributed by atoms with E-state index in [-0.39, 0.29) is 0 Å². The molecule has 2 rings (SSSR count). The zero-order valence-electron chi connectivity index (χ0n) is 17.1. The number of aromatic nitrogens is 3. The normalized spacial score (nSPS) is 11.6. The number of rotatable bonds is 11. The Morgan fingerprint density at radius 3 is 2.96 bits per heavy atom. The number of ether oxygens (including phenoxy) is 1. The molecule has 0 unspecified atom stereocenters. The molecule has 0 aliphatic carbocycles. The van der Waals surface area contributed by atoms with Gasteiger partial charge in [-0.3, -0.25) is 4.99 Å². The second-order valence-electron chi connectivity index (χ2n) is 6.46. The maximum absolute atomic E-state index is 6.12. The maximum atomic E-state index is 6.12. The molecule has 0 aliphatic rings. The van der Waals surface area contributed by atoms with Crippen LogP contribution in [0.2, 0.25) is 5.02 Å². The van der Waals surface area contributed by atoms with E-state index >= 15 is 0 Å². The fourth-order valence-electron chi connectivity index (χ4n) is 2.82. The zero-order valence-corrected chi connectivity index (χ0v) is 17.8. The third kappa shape index (κ3) is 7.48. The van der Waals surface area contributed by atoms with Crippen LogP contribution in [0.4, 0.5) is 0 Å². The first-order valence-electron chi connectivity index (χ1n) is 9.82. The van der Waals surface area contributed by atoms with Gasteiger partial charge in [-0.2, -0.15) is 0 Å². The summed E-state index contributed by atoms with van der Waals surface area (Å²) in [7, 11) is 2.03. The molecule has 154 valence electrons. The summed E-state index contributed by atoms with van der Waals surface area (Å²) in [6.45, 7) is 8.53. The van der Waals surface area contributed by atoms with Crippen LogP contribution in [0.1, 0.15) is 31.7 Å². The molecule has 1 aromatic heterocycles. The second-order valence-corrected chi connectivity index (χ2v) is 6.90. The molecule has 0 amide bonds. The van der Waals surface area contributed by atoms with E-state index in [1.54, 1.807) is 6.33 Å². The zero-order chi connectivity index (χ0) is 20.2. The molecule has 1 heterocycles. The molecule has 1 aromatic carbocycles. The van der Waals surface area contributed by atoms with E-state index in [0.717, 1.165) is 74.6 Å². The molecule has 0 atom stereocenters. The van der Waals surface area contributed by atoms with E-state index in [1.807, 2.05) is 32.2 Å². The summed E-state index contributed by atoms with van der Waals surface area (Å²) in [5.41, 5.74) is 1.14. The van der Waals surface area contributed by atoms with E-state index in [0.29, 0.717) is 0 Å². The van der Waals surface area contributed by atoms with Crippen LogP contribution in [0.25, 0.3) is 0 Å². The van der Waals surface area contributed by atoms with Gasteiger partial charge in [0.25, 0.3) is 0 Å². The van der Waals surface area contributed by atoms with Gasteiger partial charge in [-0.05, 0) is 31.0 Å². The molecule has 1 N–H and O–H groups in total. The molecule has 8 heteroatoms. The van der Waals surface area contributed by atoms with Gasteiger partial charge in [0.2, 0.25) is 0 Å². The first kappa shape index (κ1) is 22.2. The average Bonchev–Trinajstić information content (AvgIpc) is 3.14. The molecule has 0 fully saturated rings. The van der Waals surface area contributed by atoms with Crippen molar-refractivity contribution in [2.24, 2.45) is 4.99 Å². The molecule has 0 spiro atoms. The monoisotopic (exact) mass is 406 g/mol. The summed E-state index contributed by atoms with van der Waals surface area (Å²) in [5.74, 6) is 1.85. The van der Waals surface area contributed by atoms with Crippen LogP contribution in [-0.2, 0) is 24.2 Å². The van der Waals surface area contributed by atoms with E-state index in [4.69, 9.17) is 21.3 Å². The van der Waals surface area contributed by atoms with Gasteiger partial charge >= 0.3 is 0 Å². The summed E-state index contributed by atoms with van der Waals surface area (Å²) in [6.07, 6.45) is 3.54. The van der Waals surface area contributed by atoms with Gasteiger partial charge in [0, 0.05) is 57.9 Å². The first-order valence-corrected chi connectivity index (χ1v) is 10.2. The predicted octanol–water partition coefficient (Wildman–Crippen LogP) is 3.00. The molecule has 2 aromatic rings. The average molecular weight is 407 g/mol. The van der Waals surface area contributed by atoms with Gasteiger partial charge in [-0.15, -0.1) is 10.2 Å². The fraction of sp³-hybridized carbons (Fsp3) is 0.550. The predicted molar refractivity (Wildman–Crippen MR) is 114 cm³/mol. The second kappa shape index (κ2) is 12.4. The largest absolute Gasteiger partial charge is 0.382 e. The van der Waals surface area contributed by atoms with Crippen LogP contribution in [0, 0.1) is 0 Å². The number of aliphatic imine (C=N–C) groups is 1. The van der Waals surface area contributed by atoms with Crippen LogP contribution in [0.15, 0.2) is 35.6 Å². The lowest BCUT2D eigenvalue weighted by molar-refractivity contribution is 0.146. The molecule has 0 saturated carbocycles. The number of benzene rings is 1. The molecule has 0 bridgehead atoms. The minimum atomic E-state index is 0.717. The van der Waals surface area contributed by atoms with Crippen molar-refractivity contribution in [3.05, 3.63) is 47.0 Å². The highest BCUT2D eigenvalue weighted by atomic mass is 35.5. The summed E-state index contributed by atoms with van der Waals surface area (Å²) in [6, 6.07) is 7.90. The summed E-state index contributed by atoms with van der Waals surface area (Å²) in [5, 5.41) is 12.3. The van der Waals surface area contributed by atoms with Crippen molar-refractivity contribution in [2.75, 3.05) is 33.4 Å². The van der Waals surface area contributed by atoms with Gasteiger partial charge in [-0.1, -0.05) is 30.7 Å². The number of hydrogen-bond acceptors (Lipinski definition) is 4. The Bertz CT molecular complexity index is 733. The molecule has 0 saturated heterocycles. The summed E-state index contributed by atoms with van der Waals surface area (Å²) >= 11 is 6.12. The van der Waals surface area contributed by atoms with Crippen molar-refractivity contribution >= 4 is 17.6 Å². The van der Waals surface area contributed by atoms with Crippen LogP contribution in [-0.4, -0.2) is 59.0 Å². The van der Waals surface area contributed by atoms with Gasteiger partial charge < -0.3 is 19.5 Å². The Morgan fingerprint density at radius 1 is 1.36 bits per heavy atom. The minimum absolute atomic E-state index is 0.717. The Hall–Kier alpha value is -2.12. The van der Waals surface area contributed by atoms with E-state index in [2.05, 4.69) is 38.0 Å². The Balaban J connectivity index is 1.95. The third-order valence-electron chi connectivity index (χ3n) is 4.23. The fourth-order valence-corrected chi connectivity index (χ4v) is 3.03. The molecule has 0 radical (unpaired) electrons. The summed E-state index contributed by atoms with van der Waals surface area (Å²) in [4.78, 5) is 6.86. The highest BCUT2D eigenvalue weighted by molar-refractivity contribution is 6.30. The Morgan fingerprint density at radius 2 is 2.21 bits per heavy atom. The SMILES string of the molecule is CCOCCCN=C(NCCn1cnnc1CC)N(C)Cc1cccc(Cl)c1. The van der Waals surface area contributed by atoms with Gasteiger partial charge in [-0.25, -0.2) is 0 Å². The quantitative estimate of drug-likeness (QED) is 0.353. The van der Waals surface area contributed by atoms with Crippen LogP contribution in [0.5, 0.6) is 0 Å². The number of aryl methyl sites for hydroxylation is 1. The number of hydrogen-bond donors (Lipinski definition) is 1. The van der Waals surface area contributed by atoms with E-state index < -0.39 is 0 Å². The van der Waals surface area contributed by atoms with Crippen LogP contribution >= 0.6 is 11.6 Å². The Labute approximate surface area is 172 Å². The number of nitrogens with one attached hydrogen (secondary N) is 1. The third-order valence-corrected chi connectivity index (χ3v) is 4.47. The maximum Gasteiger partial charge on any atom is 0.194 e. The van der Waals surface area contributed by atoms with Gasteiger partial charge in [0.1, 0.15) is 12.2 Å². The minimum Gasteiger partial charge on any atom is -0.382 e. The smallest absolute Gasteiger partial charge is 0.194 e. The van der Waals surface area contributed by atoms with Crippen molar-refractivity contribution in [2.45, 2.75) is 39.8 Å². The van der Waals surface area contributed by atoms with Crippen molar-refractivity contribution < 1.29 is 4.74 Å². The van der Waals surface area contributed by atoms with Crippen molar-refractivity contribution in [1.29, 1.82) is 0 Å². The standard InChI is InChI=1S/C20H31ClN6O/c1-4-19-25-24-16-27(19)12-11-23-20(22-10-7-13-28-5-2)26(3)15-17-8-6-9-18(21)14-17/h6,8-9,14,16H,4-5,7,10-13,15H2,1-3H3,(H,22,23). The highest BCUT2D eigenvalue weighted by Gasteiger charge is 2.08. The molecular formula is C20H31ClN6O. The van der Waals surface area contributed by atoms with E-state index in [1.165, 1.54) is 0 Å². The van der Waals surface area contributed by atoms with Crippen molar-refractivity contribution in [3.8, 4) is 0 Å².